The summed E-state index contributed by atoms with van der Waals surface area (Å²) in [4.78, 5) is 25.6. The van der Waals surface area contributed by atoms with Crippen LogP contribution in [0.2, 0.25) is 0 Å². The molecule has 42 heavy (non-hydrogen) atoms. The summed E-state index contributed by atoms with van der Waals surface area (Å²) in [6.07, 6.45) is 3.47. The first-order chi connectivity index (χ1) is 20.6. The molecule has 6 rings (SSSR count). The van der Waals surface area contributed by atoms with Crippen molar-refractivity contribution in [2.24, 2.45) is 5.10 Å². The third-order valence-electron chi connectivity index (χ3n) is 7.09. The molecule has 0 fully saturated rings. The van der Waals surface area contributed by atoms with Gasteiger partial charge >= 0.3 is 0 Å². The molecule has 7 heteroatoms. The average molecular weight is 552 g/mol. The second kappa shape index (κ2) is 11.8. The molecule has 2 heterocycles. The summed E-state index contributed by atoms with van der Waals surface area (Å²) in [6.45, 7) is 2.21. The van der Waals surface area contributed by atoms with Gasteiger partial charge in [-0.05, 0) is 67.1 Å². The summed E-state index contributed by atoms with van der Waals surface area (Å²) in [5.41, 5.74) is 9.87. The third kappa shape index (κ3) is 5.62. The lowest BCUT2D eigenvalue weighted by Crippen LogP contribution is -2.18. The molecule has 4 aromatic carbocycles. The number of carbonyl (C=O) groups is 2. The zero-order valence-electron chi connectivity index (χ0n) is 23.1. The van der Waals surface area contributed by atoms with Gasteiger partial charge in [-0.1, -0.05) is 66.7 Å². The standard InChI is InChI=1S/C35H29N5O2/c1-25-16-21-32(26-10-4-2-5-11-26)40(25)30-19-17-27(18-20-30)35(42)38-36-22-28-23-39(33-15-9-8-14-31(28)33)24-34(41)37-29-12-6-3-7-13-29/h2-23H,24H2,1H3,(H,37,41)(H,38,42)/b36-22+. The maximum atomic E-state index is 12.9. The highest BCUT2D eigenvalue weighted by Gasteiger charge is 2.12. The van der Waals surface area contributed by atoms with Crippen LogP contribution in [0.15, 0.2) is 133 Å². The average Bonchev–Trinajstić information content (AvgIpc) is 3.58. The van der Waals surface area contributed by atoms with E-state index in [1.165, 1.54) is 0 Å². The number of aromatic nitrogens is 2. The van der Waals surface area contributed by atoms with Crippen LogP contribution in [-0.2, 0) is 11.3 Å². The first kappa shape index (κ1) is 26.5. The van der Waals surface area contributed by atoms with Crippen molar-refractivity contribution >= 4 is 34.6 Å². The van der Waals surface area contributed by atoms with E-state index in [-0.39, 0.29) is 18.4 Å². The Balaban J connectivity index is 1.15. The molecular formula is C35H29N5O2. The summed E-state index contributed by atoms with van der Waals surface area (Å²) in [6, 6.07) is 39.0. The molecule has 7 nitrogen and oxygen atoms in total. The van der Waals surface area contributed by atoms with Crippen molar-refractivity contribution in [1.82, 2.24) is 14.6 Å². The van der Waals surface area contributed by atoms with Gasteiger partial charge in [0.15, 0.2) is 0 Å². The molecule has 0 spiro atoms. The van der Waals surface area contributed by atoms with Gasteiger partial charge in [-0.3, -0.25) is 9.59 Å². The lowest BCUT2D eigenvalue weighted by Gasteiger charge is -2.12. The minimum atomic E-state index is -0.309. The normalized spacial score (nSPS) is 11.2. The van der Waals surface area contributed by atoms with Crippen LogP contribution < -0.4 is 10.7 Å². The number of hydrogen-bond acceptors (Lipinski definition) is 3. The van der Waals surface area contributed by atoms with Crippen molar-refractivity contribution in [2.75, 3.05) is 5.32 Å². The van der Waals surface area contributed by atoms with Crippen LogP contribution in [0.4, 0.5) is 5.69 Å². The van der Waals surface area contributed by atoms with Crippen LogP contribution in [-0.4, -0.2) is 27.2 Å². The zero-order chi connectivity index (χ0) is 28.9. The number of aryl methyl sites for hydroxylation is 1. The Morgan fingerprint density at radius 1 is 0.786 bits per heavy atom. The van der Waals surface area contributed by atoms with E-state index < -0.39 is 0 Å². The topological polar surface area (TPSA) is 80.4 Å². The highest BCUT2D eigenvalue weighted by atomic mass is 16.2. The van der Waals surface area contributed by atoms with Crippen LogP contribution in [0.5, 0.6) is 0 Å². The number of carbonyl (C=O) groups excluding carboxylic acids is 2. The highest BCUT2D eigenvalue weighted by Crippen LogP contribution is 2.26. The molecule has 0 radical (unpaired) electrons. The van der Waals surface area contributed by atoms with Gasteiger partial charge in [-0.2, -0.15) is 5.10 Å². The van der Waals surface area contributed by atoms with E-state index in [0.29, 0.717) is 5.56 Å². The second-order valence-corrected chi connectivity index (χ2v) is 9.95. The fourth-order valence-corrected chi connectivity index (χ4v) is 5.09. The molecule has 2 N–H and O–H groups in total. The molecule has 0 saturated heterocycles. The molecule has 0 aliphatic rings. The van der Waals surface area contributed by atoms with Gasteiger partial charge in [0.1, 0.15) is 6.54 Å². The Hall–Kier alpha value is -5.69. The SMILES string of the molecule is Cc1ccc(-c2ccccc2)n1-c1ccc(C(=O)N/N=C/c2cn(CC(=O)Nc3ccccc3)c3ccccc23)cc1. The van der Waals surface area contributed by atoms with Crippen LogP contribution in [0.3, 0.4) is 0 Å². The van der Waals surface area contributed by atoms with Gasteiger partial charge in [0, 0.05) is 45.3 Å². The second-order valence-electron chi connectivity index (χ2n) is 9.95. The van der Waals surface area contributed by atoms with Gasteiger partial charge < -0.3 is 14.5 Å². The molecule has 0 unspecified atom stereocenters. The maximum absolute atomic E-state index is 12.9. The molecule has 6 aromatic rings. The largest absolute Gasteiger partial charge is 0.337 e. The van der Waals surface area contributed by atoms with E-state index in [4.69, 9.17) is 0 Å². The lowest BCUT2D eigenvalue weighted by molar-refractivity contribution is -0.116. The first-order valence-corrected chi connectivity index (χ1v) is 13.7. The third-order valence-corrected chi connectivity index (χ3v) is 7.09. The number of para-hydroxylation sites is 2. The predicted octanol–water partition coefficient (Wildman–Crippen LogP) is 6.81. The Bertz CT molecular complexity index is 1890. The number of fused-ring (bicyclic) bond motifs is 1. The van der Waals surface area contributed by atoms with E-state index in [0.717, 1.165) is 44.8 Å². The van der Waals surface area contributed by atoms with Gasteiger partial charge in [0.2, 0.25) is 5.91 Å². The minimum Gasteiger partial charge on any atom is -0.337 e. The number of anilines is 1. The molecule has 206 valence electrons. The van der Waals surface area contributed by atoms with Crippen molar-refractivity contribution in [3.63, 3.8) is 0 Å². The number of hydrogen-bond donors (Lipinski definition) is 2. The van der Waals surface area contributed by atoms with Crippen molar-refractivity contribution in [3.8, 4) is 16.9 Å². The van der Waals surface area contributed by atoms with Crippen molar-refractivity contribution in [1.29, 1.82) is 0 Å². The predicted molar refractivity (Wildman–Crippen MR) is 168 cm³/mol. The Morgan fingerprint density at radius 3 is 2.24 bits per heavy atom. The fraction of sp³-hybridized carbons (Fsp3) is 0.0571. The molecule has 0 atom stereocenters. The maximum Gasteiger partial charge on any atom is 0.271 e. The van der Waals surface area contributed by atoms with E-state index in [1.807, 2.05) is 95.7 Å². The molecular weight excluding hydrogens is 522 g/mol. The van der Waals surface area contributed by atoms with Crippen LogP contribution >= 0.6 is 0 Å². The number of hydrazone groups is 1. The molecule has 2 amide bonds. The number of benzene rings is 4. The van der Waals surface area contributed by atoms with Crippen molar-refractivity contribution < 1.29 is 9.59 Å². The van der Waals surface area contributed by atoms with Gasteiger partial charge in [0.25, 0.3) is 5.91 Å². The van der Waals surface area contributed by atoms with Crippen molar-refractivity contribution in [3.05, 3.63) is 144 Å². The molecule has 0 bridgehead atoms. The van der Waals surface area contributed by atoms with Gasteiger partial charge in [-0.15, -0.1) is 0 Å². The van der Waals surface area contributed by atoms with E-state index in [9.17, 15) is 9.59 Å². The first-order valence-electron chi connectivity index (χ1n) is 13.7. The number of amides is 2. The van der Waals surface area contributed by atoms with Crippen LogP contribution in [0.25, 0.3) is 27.8 Å². The molecule has 0 saturated carbocycles. The Labute approximate surface area is 243 Å². The quantitative estimate of drug-likeness (QED) is 0.161. The smallest absolute Gasteiger partial charge is 0.271 e. The lowest BCUT2D eigenvalue weighted by atomic mass is 10.1. The van der Waals surface area contributed by atoms with E-state index in [2.05, 4.69) is 51.6 Å². The van der Waals surface area contributed by atoms with Crippen molar-refractivity contribution in [2.45, 2.75) is 13.5 Å². The minimum absolute atomic E-state index is 0.131. The number of nitrogens with zero attached hydrogens (tertiary/aromatic N) is 3. The molecule has 0 aliphatic heterocycles. The summed E-state index contributed by atoms with van der Waals surface area (Å²) < 4.78 is 4.05. The van der Waals surface area contributed by atoms with Crippen LogP contribution in [0, 0.1) is 6.92 Å². The Kier molecular flexibility index (Phi) is 7.46. The zero-order valence-corrected chi connectivity index (χ0v) is 23.1. The molecule has 2 aromatic heterocycles. The fourth-order valence-electron chi connectivity index (χ4n) is 5.09. The summed E-state index contributed by atoms with van der Waals surface area (Å²) in [5, 5.41) is 8.07. The highest BCUT2D eigenvalue weighted by molar-refractivity contribution is 6.01. The van der Waals surface area contributed by atoms with Gasteiger partial charge in [-0.25, -0.2) is 5.43 Å². The summed E-state index contributed by atoms with van der Waals surface area (Å²) in [5.74, 6) is -0.440. The van der Waals surface area contributed by atoms with Crippen LogP contribution in [0.1, 0.15) is 21.6 Å². The monoisotopic (exact) mass is 551 g/mol. The van der Waals surface area contributed by atoms with Gasteiger partial charge in [0.05, 0.1) is 11.9 Å². The molecule has 0 aliphatic carbocycles. The number of rotatable bonds is 8. The van der Waals surface area contributed by atoms with E-state index >= 15 is 0 Å². The Morgan fingerprint density at radius 2 is 1.48 bits per heavy atom. The summed E-state index contributed by atoms with van der Waals surface area (Å²) >= 11 is 0. The number of nitrogens with one attached hydrogen (secondary N) is 2. The van der Waals surface area contributed by atoms with E-state index in [1.54, 1.807) is 18.3 Å². The summed E-state index contributed by atoms with van der Waals surface area (Å²) in [7, 11) is 0.